The van der Waals surface area contributed by atoms with Crippen LogP contribution in [0.25, 0.3) is 0 Å². The first kappa shape index (κ1) is 14.4. The summed E-state index contributed by atoms with van der Waals surface area (Å²) in [4.78, 5) is 12.4. The highest BCUT2D eigenvalue weighted by Crippen LogP contribution is 2.38. The zero-order chi connectivity index (χ0) is 14.8. The highest BCUT2D eigenvalue weighted by Gasteiger charge is 2.42. The number of fused-ring (bicyclic) bond motifs is 1. The first-order chi connectivity index (χ1) is 10.1. The summed E-state index contributed by atoms with van der Waals surface area (Å²) in [6.45, 7) is 4.99. The van der Waals surface area contributed by atoms with Crippen molar-refractivity contribution in [1.82, 2.24) is 5.32 Å². The predicted molar refractivity (Wildman–Crippen MR) is 83.5 cm³/mol. The molecule has 1 aliphatic heterocycles. The van der Waals surface area contributed by atoms with Crippen molar-refractivity contribution in [2.45, 2.75) is 45.3 Å². The molecular weight excluding hydrogens is 264 g/mol. The average Bonchev–Trinajstić information content (AvgIpc) is 3.02. The molecule has 1 aromatic rings. The Morgan fingerprint density at radius 2 is 2.05 bits per heavy atom. The Morgan fingerprint density at radius 1 is 1.29 bits per heavy atom. The number of carbonyl (C=O) groups excluding carboxylic acids is 1. The molecule has 4 heteroatoms. The van der Waals surface area contributed by atoms with E-state index in [2.05, 4.69) is 10.6 Å². The molecule has 1 amide bonds. The standard InChI is InChI=1S/C17H24N2O2/c1-11(2)21-14-8-6-13(7-9-14)19-17(20)16-15-5-3-4-12(15)10-18-16/h6-9,11-12,15-16,18H,3-5,10H2,1-2H3,(H,19,20). The van der Waals surface area contributed by atoms with Crippen LogP contribution in [0, 0.1) is 11.8 Å². The molecule has 3 rings (SSSR count). The average molecular weight is 288 g/mol. The molecule has 1 saturated carbocycles. The number of amides is 1. The number of hydrogen-bond donors (Lipinski definition) is 2. The summed E-state index contributed by atoms with van der Waals surface area (Å²) >= 11 is 0. The van der Waals surface area contributed by atoms with Crippen LogP contribution >= 0.6 is 0 Å². The van der Waals surface area contributed by atoms with Crippen LogP contribution in [0.15, 0.2) is 24.3 Å². The van der Waals surface area contributed by atoms with Crippen LogP contribution < -0.4 is 15.4 Å². The van der Waals surface area contributed by atoms with Gasteiger partial charge in [-0.25, -0.2) is 0 Å². The molecule has 0 spiro atoms. The summed E-state index contributed by atoms with van der Waals surface area (Å²) in [5.74, 6) is 2.15. The van der Waals surface area contributed by atoms with Gasteiger partial charge in [0, 0.05) is 5.69 Å². The largest absolute Gasteiger partial charge is 0.491 e. The summed E-state index contributed by atoms with van der Waals surface area (Å²) in [6, 6.07) is 7.57. The Morgan fingerprint density at radius 3 is 2.76 bits per heavy atom. The van der Waals surface area contributed by atoms with E-state index < -0.39 is 0 Å². The fourth-order valence-corrected chi connectivity index (χ4v) is 3.58. The zero-order valence-corrected chi connectivity index (χ0v) is 12.8. The number of benzene rings is 1. The Balaban J connectivity index is 1.59. The smallest absolute Gasteiger partial charge is 0.241 e. The number of carbonyl (C=O) groups is 1. The molecule has 0 radical (unpaired) electrons. The van der Waals surface area contributed by atoms with Crippen LogP contribution in [-0.2, 0) is 4.79 Å². The number of nitrogens with one attached hydrogen (secondary N) is 2. The summed E-state index contributed by atoms with van der Waals surface area (Å²) in [7, 11) is 0. The van der Waals surface area contributed by atoms with Gasteiger partial charge in [-0.3, -0.25) is 4.79 Å². The van der Waals surface area contributed by atoms with Crippen molar-refractivity contribution in [3.63, 3.8) is 0 Å². The van der Waals surface area contributed by atoms with E-state index in [4.69, 9.17) is 4.74 Å². The number of anilines is 1. The number of hydrogen-bond acceptors (Lipinski definition) is 3. The van der Waals surface area contributed by atoms with Crippen molar-refractivity contribution in [3.05, 3.63) is 24.3 Å². The molecule has 1 aliphatic carbocycles. The van der Waals surface area contributed by atoms with E-state index >= 15 is 0 Å². The molecule has 2 fully saturated rings. The lowest BCUT2D eigenvalue weighted by Crippen LogP contribution is -2.39. The predicted octanol–water partition coefficient (Wildman–Crippen LogP) is 2.80. The molecule has 0 bridgehead atoms. The monoisotopic (exact) mass is 288 g/mol. The minimum atomic E-state index is -0.0240. The molecule has 114 valence electrons. The molecule has 1 aromatic carbocycles. The van der Waals surface area contributed by atoms with Crippen LogP contribution in [0.5, 0.6) is 5.75 Å². The maximum atomic E-state index is 12.4. The molecule has 4 nitrogen and oxygen atoms in total. The van der Waals surface area contributed by atoms with E-state index in [-0.39, 0.29) is 18.1 Å². The third-order valence-electron chi connectivity index (χ3n) is 4.52. The van der Waals surface area contributed by atoms with Gasteiger partial charge in [0.1, 0.15) is 5.75 Å². The van der Waals surface area contributed by atoms with Crippen molar-refractivity contribution in [2.24, 2.45) is 11.8 Å². The van der Waals surface area contributed by atoms with Crippen LogP contribution in [0.1, 0.15) is 33.1 Å². The van der Waals surface area contributed by atoms with Gasteiger partial charge in [-0.1, -0.05) is 6.42 Å². The molecule has 3 unspecified atom stereocenters. The summed E-state index contributed by atoms with van der Waals surface area (Å²) in [5, 5.41) is 6.40. The normalized spacial score (nSPS) is 27.7. The van der Waals surface area contributed by atoms with Gasteiger partial charge >= 0.3 is 0 Å². The minimum absolute atomic E-state index is 0.0240. The summed E-state index contributed by atoms with van der Waals surface area (Å²) in [5.41, 5.74) is 0.833. The summed E-state index contributed by atoms with van der Waals surface area (Å²) in [6.07, 6.45) is 3.87. The molecule has 1 heterocycles. The topological polar surface area (TPSA) is 50.4 Å². The lowest BCUT2D eigenvalue weighted by atomic mass is 9.93. The molecule has 0 aromatic heterocycles. The van der Waals surface area contributed by atoms with Crippen LogP contribution in [0.4, 0.5) is 5.69 Å². The van der Waals surface area contributed by atoms with E-state index in [0.29, 0.717) is 11.8 Å². The van der Waals surface area contributed by atoms with E-state index in [1.165, 1.54) is 19.3 Å². The van der Waals surface area contributed by atoms with Gasteiger partial charge in [0.2, 0.25) is 5.91 Å². The minimum Gasteiger partial charge on any atom is -0.491 e. The second-order valence-corrected chi connectivity index (χ2v) is 6.42. The lowest BCUT2D eigenvalue weighted by Gasteiger charge is -2.18. The first-order valence-electron chi connectivity index (χ1n) is 7.94. The van der Waals surface area contributed by atoms with Crippen molar-refractivity contribution in [2.75, 3.05) is 11.9 Å². The quantitative estimate of drug-likeness (QED) is 0.895. The summed E-state index contributed by atoms with van der Waals surface area (Å²) < 4.78 is 5.61. The van der Waals surface area contributed by atoms with Crippen molar-refractivity contribution in [3.8, 4) is 5.75 Å². The van der Waals surface area contributed by atoms with Crippen molar-refractivity contribution >= 4 is 11.6 Å². The van der Waals surface area contributed by atoms with Crippen LogP contribution in [-0.4, -0.2) is 24.6 Å². The van der Waals surface area contributed by atoms with E-state index in [9.17, 15) is 4.79 Å². The van der Waals surface area contributed by atoms with Gasteiger partial charge in [-0.15, -0.1) is 0 Å². The fraction of sp³-hybridized carbons (Fsp3) is 0.588. The third kappa shape index (κ3) is 3.21. The van der Waals surface area contributed by atoms with Crippen molar-refractivity contribution < 1.29 is 9.53 Å². The van der Waals surface area contributed by atoms with E-state index in [0.717, 1.165) is 18.0 Å². The molecule has 1 saturated heterocycles. The van der Waals surface area contributed by atoms with E-state index in [1.807, 2.05) is 38.1 Å². The second kappa shape index (κ2) is 6.06. The molecule has 2 aliphatic rings. The Kier molecular flexibility index (Phi) is 4.15. The Bertz CT molecular complexity index is 498. The fourth-order valence-electron chi connectivity index (χ4n) is 3.58. The maximum Gasteiger partial charge on any atom is 0.241 e. The third-order valence-corrected chi connectivity index (χ3v) is 4.52. The van der Waals surface area contributed by atoms with Gasteiger partial charge in [-0.2, -0.15) is 0 Å². The Hall–Kier alpha value is -1.55. The first-order valence-corrected chi connectivity index (χ1v) is 7.94. The van der Waals surface area contributed by atoms with Gasteiger partial charge in [-0.05, 0) is 69.3 Å². The Labute approximate surface area is 126 Å². The van der Waals surface area contributed by atoms with Crippen LogP contribution in [0.2, 0.25) is 0 Å². The van der Waals surface area contributed by atoms with Gasteiger partial charge in [0.15, 0.2) is 0 Å². The maximum absolute atomic E-state index is 12.4. The lowest BCUT2D eigenvalue weighted by molar-refractivity contribution is -0.118. The van der Waals surface area contributed by atoms with Gasteiger partial charge < -0.3 is 15.4 Å². The molecule has 21 heavy (non-hydrogen) atoms. The SMILES string of the molecule is CC(C)Oc1ccc(NC(=O)C2NCC3CCCC32)cc1. The van der Waals surface area contributed by atoms with E-state index in [1.54, 1.807) is 0 Å². The number of rotatable bonds is 4. The van der Waals surface area contributed by atoms with Crippen LogP contribution in [0.3, 0.4) is 0 Å². The second-order valence-electron chi connectivity index (χ2n) is 6.42. The van der Waals surface area contributed by atoms with Gasteiger partial charge in [0.05, 0.1) is 12.1 Å². The van der Waals surface area contributed by atoms with Crippen molar-refractivity contribution in [1.29, 1.82) is 0 Å². The highest BCUT2D eigenvalue weighted by atomic mass is 16.5. The number of ether oxygens (including phenoxy) is 1. The molecule has 2 N–H and O–H groups in total. The molecule has 3 atom stereocenters. The molecular formula is C17H24N2O2. The van der Waals surface area contributed by atoms with Gasteiger partial charge in [0.25, 0.3) is 0 Å². The zero-order valence-electron chi connectivity index (χ0n) is 12.8. The highest BCUT2D eigenvalue weighted by molar-refractivity contribution is 5.95.